The molecule has 2 aromatic rings. The van der Waals surface area contributed by atoms with Crippen LogP contribution in [0.15, 0.2) is 46.9 Å². The second kappa shape index (κ2) is 6.76. The topological polar surface area (TPSA) is 40.5 Å². The van der Waals surface area contributed by atoms with Crippen molar-refractivity contribution in [1.82, 2.24) is 4.90 Å². The highest BCUT2D eigenvalue weighted by atomic mass is 79.9. The SMILES string of the molecule is CCc1cc(C(=O)N(C)Cc2cccc(O)c2)ccc1Br. The number of phenols is 1. The minimum atomic E-state index is -0.0273. The summed E-state index contributed by atoms with van der Waals surface area (Å²) >= 11 is 3.49. The van der Waals surface area contributed by atoms with E-state index in [2.05, 4.69) is 22.9 Å². The van der Waals surface area contributed by atoms with E-state index in [1.165, 1.54) is 0 Å². The number of amides is 1. The van der Waals surface area contributed by atoms with Gasteiger partial charge in [0, 0.05) is 23.6 Å². The van der Waals surface area contributed by atoms with Gasteiger partial charge in [0.2, 0.25) is 0 Å². The number of benzene rings is 2. The standard InChI is InChI=1S/C17H18BrNO2/c1-3-13-10-14(7-8-16(13)18)17(21)19(2)11-12-5-4-6-15(20)9-12/h4-10,20H,3,11H2,1-2H3. The molecule has 0 aliphatic rings. The number of halogens is 1. The average Bonchev–Trinajstić information content (AvgIpc) is 2.47. The van der Waals surface area contributed by atoms with Crippen molar-refractivity contribution in [3.05, 3.63) is 63.6 Å². The summed E-state index contributed by atoms with van der Waals surface area (Å²) in [5, 5.41) is 9.47. The summed E-state index contributed by atoms with van der Waals surface area (Å²) < 4.78 is 1.03. The number of hydrogen-bond acceptors (Lipinski definition) is 2. The molecule has 1 amide bonds. The Labute approximate surface area is 133 Å². The van der Waals surface area contributed by atoms with Crippen LogP contribution in [0.25, 0.3) is 0 Å². The van der Waals surface area contributed by atoms with Crippen LogP contribution in [-0.2, 0) is 13.0 Å². The lowest BCUT2D eigenvalue weighted by atomic mass is 10.1. The molecule has 0 unspecified atom stereocenters. The van der Waals surface area contributed by atoms with Gasteiger partial charge in [0.1, 0.15) is 5.75 Å². The van der Waals surface area contributed by atoms with Crippen molar-refractivity contribution in [1.29, 1.82) is 0 Å². The van der Waals surface area contributed by atoms with E-state index in [-0.39, 0.29) is 11.7 Å². The smallest absolute Gasteiger partial charge is 0.253 e. The molecule has 0 atom stereocenters. The highest BCUT2D eigenvalue weighted by Gasteiger charge is 2.13. The van der Waals surface area contributed by atoms with Gasteiger partial charge in [0.15, 0.2) is 0 Å². The first kappa shape index (κ1) is 15.6. The molecule has 0 fully saturated rings. The molecule has 0 aliphatic heterocycles. The first-order valence-electron chi connectivity index (χ1n) is 6.83. The molecule has 1 N–H and O–H groups in total. The van der Waals surface area contributed by atoms with Crippen LogP contribution >= 0.6 is 15.9 Å². The number of phenolic OH excluding ortho intramolecular Hbond substituents is 1. The van der Waals surface area contributed by atoms with Crippen molar-refractivity contribution in [2.45, 2.75) is 19.9 Å². The van der Waals surface area contributed by atoms with Crippen LogP contribution in [0.5, 0.6) is 5.75 Å². The summed E-state index contributed by atoms with van der Waals surface area (Å²) in [5.74, 6) is 0.186. The largest absolute Gasteiger partial charge is 0.508 e. The van der Waals surface area contributed by atoms with Gasteiger partial charge in [-0.05, 0) is 47.9 Å². The minimum Gasteiger partial charge on any atom is -0.508 e. The number of rotatable bonds is 4. The third-order valence-corrected chi connectivity index (χ3v) is 4.12. The molecular formula is C17H18BrNO2. The maximum atomic E-state index is 12.5. The molecule has 0 saturated carbocycles. The zero-order valence-electron chi connectivity index (χ0n) is 12.1. The van der Waals surface area contributed by atoms with E-state index in [0.717, 1.165) is 22.0 Å². The lowest BCUT2D eigenvalue weighted by Crippen LogP contribution is -2.26. The fourth-order valence-electron chi connectivity index (χ4n) is 2.20. The summed E-state index contributed by atoms with van der Waals surface area (Å²) in [6, 6.07) is 12.6. The fourth-order valence-corrected chi connectivity index (χ4v) is 2.73. The first-order valence-corrected chi connectivity index (χ1v) is 7.62. The third kappa shape index (κ3) is 3.85. The Bertz CT molecular complexity index is 655. The van der Waals surface area contributed by atoms with E-state index in [1.54, 1.807) is 30.1 Å². The van der Waals surface area contributed by atoms with Crippen LogP contribution in [-0.4, -0.2) is 23.0 Å². The van der Waals surface area contributed by atoms with Crippen LogP contribution in [0.4, 0.5) is 0 Å². The summed E-state index contributed by atoms with van der Waals surface area (Å²) in [6.07, 6.45) is 0.873. The molecule has 3 nitrogen and oxygen atoms in total. The summed E-state index contributed by atoms with van der Waals surface area (Å²) in [6.45, 7) is 2.52. The van der Waals surface area contributed by atoms with Gasteiger partial charge in [-0.1, -0.05) is 35.0 Å². The molecular weight excluding hydrogens is 330 g/mol. The second-order valence-corrected chi connectivity index (χ2v) is 5.85. The van der Waals surface area contributed by atoms with Gasteiger partial charge in [-0.15, -0.1) is 0 Å². The summed E-state index contributed by atoms with van der Waals surface area (Å²) in [7, 11) is 1.76. The zero-order valence-corrected chi connectivity index (χ0v) is 13.7. The molecule has 0 aromatic heterocycles. The van der Waals surface area contributed by atoms with Crippen molar-refractivity contribution >= 4 is 21.8 Å². The van der Waals surface area contributed by atoms with Crippen LogP contribution < -0.4 is 0 Å². The van der Waals surface area contributed by atoms with E-state index >= 15 is 0 Å². The van der Waals surface area contributed by atoms with Gasteiger partial charge in [0.25, 0.3) is 5.91 Å². The van der Waals surface area contributed by atoms with Crippen LogP contribution in [0.1, 0.15) is 28.4 Å². The quantitative estimate of drug-likeness (QED) is 0.908. The molecule has 0 saturated heterocycles. The highest BCUT2D eigenvalue weighted by Crippen LogP contribution is 2.20. The number of aromatic hydroxyl groups is 1. The van der Waals surface area contributed by atoms with Gasteiger partial charge in [0.05, 0.1) is 0 Å². The fraction of sp³-hybridized carbons (Fsp3) is 0.235. The van der Waals surface area contributed by atoms with Gasteiger partial charge in [-0.3, -0.25) is 4.79 Å². The molecule has 0 radical (unpaired) electrons. The molecule has 21 heavy (non-hydrogen) atoms. The van der Waals surface area contributed by atoms with Crippen molar-refractivity contribution in [3.8, 4) is 5.75 Å². The van der Waals surface area contributed by atoms with Crippen molar-refractivity contribution in [2.75, 3.05) is 7.05 Å². The Morgan fingerprint density at radius 1 is 1.24 bits per heavy atom. The van der Waals surface area contributed by atoms with Crippen molar-refractivity contribution < 1.29 is 9.90 Å². The Morgan fingerprint density at radius 2 is 2.00 bits per heavy atom. The highest BCUT2D eigenvalue weighted by molar-refractivity contribution is 9.10. The molecule has 0 aliphatic carbocycles. The van der Waals surface area contributed by atoms with Crippen LogP contribution in [0.3, 0.4) is 0 Å². The van der Waals surface area contributed by atoms with Crippen LogP contribution in [0.2, 0.25) is 0 Å². The van der Waals surface area contributed by atoms with E-state index < -0.39 is 0 Å². The minimum absolute atomic E-state index is 0.0273. The van der Waals surface area contributed by atoms with E-state index in [1.807, 2.05) is 24.3 Å². The third-order valence-electron chi connectivity index (χ3n) is 3.35. The number of aryl methyl sites for hydroxylation is 1. The second-order valence-electron chi connectivity index (χ2n) is 4.99. The zero-order chi connectivity index (χ0) is 15.4. The normalized spacial score (nSPS) is 10.4. The number of carbonyl (C=O) groups is 1. The maximum absolute atomic E-state index is 12.5. The summed E-state index contributed by atoms with van der Waals surface area (Å²) in [5.41, 5.74) is 2.70. The Hall–Kier alpha value is -1.81. The maximum Gasteiger partial charge on any atom is 0.253 e. The predicted molar refractivity (Wildman–Crippen MR) is 87.4 cm³/mol. The molecule has 2 aromatic carbocycles. The number of hydrogen-bond donors (Lipinski definition) is 1. The van der Waals surface area contributed by atoms with Gasteiger partial charge in [-0.25, -0.2) is 0 Å². The number of carbonyl (C=O) groups excluding carboxylic acids is 1. The lowest BCUT2D eigenvalue weighted by Gasteiger charge is -2.18. The molecule has 0 spiro atoms. The van der Waals surface area contributed by atoms with E-state index in [0.29, 0.717) is 12.1 Å². The Kier molecular flexibility index (Phi) is 5.02. The predicted octanol–water partition coefficient (Wildman–Crippen LogP) is 3.99. The molecule has 0 bridgehead atoms. The van der Waals surface area contributed by atoms with Gasteiger partial charge >= 0.3 is 0 Å². The van der Waals surface area contributed by atoms with Gasteiger partial charge in [-0.2, -0.15) is 0 Å². The van der Waals surface area contributed by atoms with Crippen molar-refractivity contribution in [3.63, 3.8) is 0 Å². The van der Waals surface area contributed by atoms with Crippen LogP contribution in [0, 0.1) is 0 Å². The Balaban J connectivity index is 2.15. The lowest BCUT2D eigenvalue weighted by molar-refractivity contribution is 0.0785. The van der Waals surface area contributed by atoms with E-state index in [4.69, 9.17) is 0 Å². The monoisotopic (exact) mass is 347 g/mol. The number of nitrogens with zero attached hydrogens (tertiary/aromatic N) is 1. The molecule has 0 heterocycles. The van der Waals surface area contributed by atoms with Crippen molar-refractivity contribution in [2.24, 2.45) is 0 Å². The first-order chi connectivity index (χ1) is 10.0. The molecule has 2 rings (SSSR count). The molecule has 110 valence electrons. The van der Waals surface area contributed by atoms with Gasteiger partial charge < -0.3 is 10.0 Å². The average molecular weight is 348 g/mol. The molecule has 4 heteroatoms. The van der Waals surface area contributed by atoms with E-state index in [9.17, 15) is 9.90 Å². The Morgan fingerprint density at radius 3 is 2.67 bits per heavy atom. The summed E-state index contributed by atoms with van der Waals surface area (Å²) in [4.78, 5) is 14.1.